The van der Waals surface area contributed by atoms with Crippen molar-refractivity contribution in [1.82, 2.24) is 0 Å². The van der Waals surface area contributed by atoms with Crippen molar-refractivity contribution in [3.05, 3.63) is 42.2 Å². The fraction of sp³-hybridized carbons (Fsp3) is 0.429. The van der Waals surface area contributed by atoms with Crippen molar-refractivity contribution in [2.75, 3.05) is 0 Å². The van der Waals surface area contributed by atoms with E-state index in [1.807, 2.05) is 0 Å². The molecule has 0 aromatic heterocycles. The molecule has 2 rings (SSSR count). The molecular weight excluding hydrogens is 216 g/mol. The van der Waals surface area contributed by atoms with Crippen molar-refractivity contribution in [2.45, 2.75) is 40.5 Å². The SMILES string of the molecule is CC1=C(C)C[C]([Ti][C]2=CC(C)=C(C)C2)=C1. The van der Waals surface area contributed by atoms with Crippen LogP contribution in [0, 0.1) is 0 Å². The third kappa shape index (κ3) is 2.43. The third-order valence-corrected chi connectivity index (χ3v) is 5.37. The van der Waals surface area contributed by atoms with Crippen LogP contribution in [0.2, 0.25) is 0 Å². The molecule has 0 nitrogen and oxygen atoms in total. The average Bonchev–Trinajstić information content (AvgIpc) is 2.59. The first-order chi connectivity index (χ1) is 7.06. The van der Waals surface area contributed by atoms with E-state index in [0.29, 0.717) is 0 Å². The van der Waals surface area contributed by atoms with Crippen LogP contribution in [0.25, 0.3) is 0 Å². The van der Waals surface area contributed by atoms with Gasteiger partial charge in [0.05, 0.1) is 0 Å². The fourth-order valence-electron chi connectivity index (χ4n) is 2.09. The fourth-order valence-corrected chi connectivity index (χ4v) is 4.74. The van der Waals surface area contributed by atoms with E-state index in [4.69, 9.17) is 0 Å². The van der Waals surface area contributed by atoms with Gasteiger partial charge in [-0.05, 0) is 0 Å². The van der Waals surface area contributed by atoms with Gasteiger partial charge in [-0.15, -0.1) is 0 Å². The van der Waals surface area contributed by atoms with E-state index < -0.39 is 0 Å². The molecule has 0 radical (unpaired) electrons. The van der Waals surface area contributed by atoms with Crippen molar-refractivity contribution in [3.63, 3.8) is 0 Å². The van der Waals surface area contributed by atoms with Crippen molar-refractivity contribution >= 4 is 0 Å². The summed E-state index contributed by atoms with van der Waals surface area (Å²) in [5.41, 5.74) is 6.17. The van der Waals surface area contributed by atoms with Crippen LogP contribution >= 0.6 is 0 Å². The molecule has 0 heterocycles. The molecule has 0 fully saturated rings. The molecule has 1 heteroatoms. The normalized spacial score (nSPS) is 21.1. The maximum atomic E-state index is 2.43. The van der Waals surface area contributed by atoms with Crippen LogP contribution in [0.15, 0.2) is 42.2 Å². The van der Waals surface area contributed by atoms with Crippen molar-refractivity contribution in [3.8, 4) is 0 Å². The summed E-state index contributed by atoms with van der Waals surface area (Å²) in [6.07, 6.45) is 7.36. The van der Waals surface area contributed by atoms with Gasteiger partial charge in [-0.2, -0.15) is 0 Å². The number of hydrogen-bond acceptors (Lipinski definition) is 0. The van der Waals surface area contributed by atoms with E-state index in [1.165, 1.54) is 24.0 Å². The second-order valence-corrected chi connectivity index (χ2v) is 7.14. The summed E-state index contributed by atoms with van der Waals surface area (Å²) in [6, 6.07) is 0. The van der Waals surface area contributed by atoms with Crippen molar-refractivity contribution in [2.24, 2.45) is 0 Å². The van der Waals surface area contributed by atoms with Crippen LogP contribution in [-0.2, 0) is 19.2 Å². The van der Waals surface area contributed by atoms with Crippen LogP contribution in [0.5, 0.6) is 0 Å². The first-order valence-electron chi connectivity index (χ1n) is 5.57. The van der Waals surface area contributed by atoms with Crippen LogP contribution < -0.4 is 0 Å². The molecule has 0 aromatic rings. The van der Waals surface area contributed by atoms with E-state index >= 15 is 0 Å². The minimum absolute atomic E-state index is 0.00667. The zero-order chi connectivity index (χ0) is 11.0. The molecule has 0 unspecified atom stereocenters. The Hall–Kier alpha value is -0.326. The Labute approximate surface area is 102 Å². The zero-order valence-electron chi connectivity index (χ0n) is 10.1. The Bertz CT molecular complexity index is 377. The van der Waals surface area contributed by atoms with Gasteiger partial charge in [0.25, 0.3) is 0 Å². The van der Waals surface area contributed by atoms with E-state index in [-0.39, 0.29) is 19.2 Å². The Balaban J connectivity index is 1.98. The summed E-state index contributed by atoms with van der Waals surface area (Å²) in [4.78, 5) is 0. The average molecular weight is 234 g/mol. The van der Waals surface area contributed by atoms with Crippen LogP contribution in [0.3, 0.4) is 0 Å². The minimum atomic E-state index is 0.00667. The van der Waals surface area contributed by atoms with Gasteiger partial charge in [0.15, 0.2) is 0 Å². The van der Waals surface area contributed by atoms with E-state index in [0.717, 1.165) is 0 Å². The van der Waals surface area contributed by atoms with E-state index in [2.05, 4.69) is 39.8 Å². The predicted molar refractivity (Wildman–Crippen MR) is 62.1 cm³/mol. The molecule has 0 aliphatic heterocycles. The molecule has 15 heavy (non-hydrogen) atoms. The van der Waals surface area contributed by atoms with Gasteiger partial charge >= 0.3 is 102 Å². The maximum absolute atomic E-state index is 2.43. The molecule has 78 valence electrons. The van der Waals surface area contributed by atoms with Crippen LogP contribution in [-0.4, -0.2) is 0 Å². The molecule has 0 amide bonds. The Kier molecular flexibility index (Phi) is 3.18. The third-order valence-electron chi connectivity index (χ3n) is 3.36. The van der Waals surface area contributed by atoms with E-state index in [9.17, 15) is 0 Å². The Morgan fingerprint density at radius 1 is 0.800 bits per heavy atom. The zero-order valence-corrected chi connectivity index (χ0v) is 11.6. The molecule has 0 spiro atoms. The van der Waals surface area contributed by atoms with Gasteiger partial charge in [0.2, 0.25) is 0 Å². The van der Waals surface area contributed by atoms with Crippen LogP contribution in [0.4, 0.5) is 0 Å². The first kappa shape index (κ1) is 11.2. The molecule has 0 atom stereocenters. The Morgan fingerprint density at radius 3 is 1.47 bits per heavy atom. The molecule has 0 aromatic carbocycles. The molecule has 0 N–H and O–H groups in total. The molecule has 0 bridgehead atoms. The summed E-state index contributed by atoms with van der Waals surface area (Å²) >= 11 is 0.00667. The van der Waals surface area contributed by atoms with Gasteiger partial charge in [0.1, 0.15) is 0 Å². The van der Waals surface area contributed by atoms with Gasteiger partial charge in [-0.1, -0.05) is 0 Å². The summed E-state index contributed by atoms with van der Waals surface area (Å²) in [7, 11) is 0. The van der Waals surface area contributed by atoms with Crippen molar-refractivity contribution in [1.29, 1.82) is 0 Å². The van der Waals surface area contributed by atoms with Crippen LogP contribution in [0.1, 0.15) is 40.5 Å². The molecular formula is C14H18Ti. The quantitative estimate of drug-likeness (QED) is 0.624. The predicted octanol–water partition coefficient (Wildman–Crippen LogP) is 4.32. The standard InChI is InChI=1S/2C7H9.Ti/c2*1-6-4-3-5-7(6)2;/h2*4H,5H2,1-2H3;. The number of hydrogen-bond donors (Lipinski definition) is 0. The topological polar surface area (TPSA) is 0 Å². The second-order valence-electron chi connectivity index (χ2n) is 4.74. The Morgan fingerprint density at radius 2 is 1.20 bits per heavy atom. The summed E-state index contributed by atoms with van der Waals surface area (Å²) in [6.45, 7) is 9.02. The second kappa shape index (κ2) is 4.27. The summed E-state index contributed by atoms with van der Waals surface area (Å²) in [5, 5.41) is 0. The summed E-state index contributed by atoms with van der Waals surface area (Å²) in [5.74, 6) is 0. The number of allylic oxidation sites excluding steroid dienone is 8. The molecule has 0 saturated carbocycles. The van der Waals surface area contributed by atoms with Gasteiger partial charge in [-0.3, -0.25) is 0 Å². The van der Waals surface area contributed by atoms with E-state index in [1.54, 1.807) is 18.9 Å². The number of rotatable bonds is 2. The molecule has 2 aliphatic rings. The van der Waals surface area contributed by atoms with Gasteiger partial charge < -0.3 is 0 Å². The first-order valence-corrected chi connectivity index (χ1v) is 7.13. The monoisotopic (exact) mass is 234 g/mol. The van der Waals surface area contributed by atoms with Crippen molar-refractivity contribution < 1.29 is 19.2 Å². The van der Waals surface area contributed by atoms with Gasteiger partial charge in [-0.25, -0.2) is 0 Å². The molecule has 0 saturated heterocycles. The van der Waals surface area contributed by atoms with Gasteiger partial charge in [0, 0.05) is 0 Å². The summed E-state index contributed by atoms with van der Waals surface area (Å²) < 4.78 is 3.44. The molecule has 2 aliphatic carbocycles.